The second-order valence-corrected chi connectivity index (χ2v) is 14.2. The fraction of sp³-hybridized carbons (Fsp3) is 0.333. The van der Waals surface area contributed by atoms with Gasteiger partial charge in [0.25, 0.3) is 23.6 Å². The Bertz CT molecular complexity index is 2030. The van der Waals surface area contributed by atoms with Gasteiger partial charge in [0, 0.05) is 50.9 Å². The number of fused-ring (bicyclic) bond motifs is 2. The molecule has 49 heavy (non-hydrogen) atoms. The van der Waals surface area contributed by atoms with Crippen LogP contribution in [-0.4, -0.2) is 51.3 Å². The fourth-order valence-electron chi connectivity index (χ4n) is 8.15. The fourth-order valence-corrected chi connectivity index (χ4v) is 8.55. The van der Waals surface area contributed by atoms with E-state index in [0.717, 1.165) is 108 Å². The number of halogens is 1. The van der Waals surface area contributed by atoms with Crippen LogP contribution in [-0.2, 0) is 0 Å². The first-order chi connectivity index (χ1) is 23.9. The van der Waals surface area contributed by atoms with E-state index in [2.05, 4.69) is 29.1 Å². The molecule has 2 aliphatic rings. The molecule has 0 radical (unpaired) electrons. The topological polar surface area (TPSA) is 74.8 Å². The van der Waals surface area contributed by atoms with Gasteiger partial charge in [-0.2, -0.15) is 0 Å². The number of alkyl halides is 1. The number of imide groups is 2. The maximum absolute atomic E-state index is 14.3. The molecule has 5 aromatic carbocycles. The minimum absolute atomic E-state index is 0.180. The highest BCUT2D eigenvalue weighted by Crippen LogP contribution is 2.46. The van der Waals surface area contributed by atoms with Gasteiger partial charge >= 0.3 is 0 Å². The summed E-state index contributed by atoms with van der Waals surface area (Å²) in [6.07, 6.45) is 13.6. The Kier molecular flexibility index (Phi) is 9.38. The Morgan fingerprint density at radius 1 is 0.531 bits per heavy atom. The highest BCUT2D eigenvalue weighted by atomic mass is 79.9. The molecule has 250 valence electrons. The van der Waals surface area contributed by atoms with Crippen LogP contribution in [0.15, 0.2) is 73.8 Å². The third kappa shape index (κ3) is 5.47. The van der Waals surface area contributed by atoms with Crippen molar-refractivity contribution in [2.45, 2.75) is 76.7 Å². The Morgan fingerprint density at radius 2 is 0.959 bits per heavy atom. The lowest BCUT2D eigenvalue weighted by atomic mass is 9.82. The Hall–Kier alpha value is -4.36. The molecular weight excluding hydrogens is 676 g/mol. The minimum Gasteiger partial charge on any atom is -0.274 e. The summed E-state index contributed by atoms with van der Waals surface area (Å²) in [5.41, 5.74) is 2.18. The number of nitrogens with zero attached hydrogens (tertiary/aromatic N) is 2. The highest BCUT2D eigenvalue weighted by Gasteiger charge is 2.39. The molecule has 0 saturated carbocycles. The average molecular weight is 718 g/mol. The van der Waals surface area contributed by atoms with Crippen LogP contribution < -0.4 is 0 Å². The molecule has 0 unspecified atom stereocenters. The van der Waals surface area contributed by atoms with Crippen LogP contribution in [0.2, 0.25) is 0 Å². The van der Waals surface area contributed by atoms with Gasteiger partial charge in [-0.05, 0) is 108 Å². The normalized spacial score (nSPS) is 14.5. The van der Waals surface area contributed by atoms with E-state index in [1.54, 1.807) is 0 Å². The van der Waals surface area contributed by atoms with Crippen molar-refractivity contribution in [2.24, 2.45) is 0 Å². The highest BCUT2D eigenvalue weighted by molar-refractivity contribution is 9.09. The van der Waals surface area contributed by atoms with Gasteiger partial charge in [0.2, 0.25) is 0 Å². The van der Waals surface area contributed by atoms with Crippen LogP contribution in [0.1, 0.15) is 112 Å². The molecule has 4 amide bonds. The molecule has 0 aromatic heterocycles. The second kappa shape index (κ2) is 13.9. The maximum atomic E-state index is 14.3. The summed E-state index contributed by atoms with van der Waals surface area (Å²) in [6, 6.07) is 15.1. The monoisotopic (exact) mass is 716 g/mol. The van der Waals surface area contributed by atoms with Crippen LogP contribution in [0.25, 0.3) is 43.1 Å². The van der Waals surface area contributed by atoms with Gasteiger partial charge in [-0.15, -0.1) is 13.2 Å². The van der Waals surface area contributed by atoms with Gasteiger partial charge in [0.05, 0.1) is 0 Å². The van der Waals surface area contributed by atoms with Crippen LogP contribution in [0.5, 0.6) is 0 Å². The molecule has 2 aliphatic heterocycles. The zero-order valence-electron chi connectivity index (χ0n) is 27.9. The predicted molar refractivity (Wildman–Crippen MR) is 202 cm³/mol. The van der Waals surface area contributed by atoms with Gasteiger partial charge in [0.1, 0.15) is 0 Å². The molecule has 0 bridgehead atoms. The third-order valence-electron chi connectivity index (χ3n) is 10.5. The van der Waals surface area contributed by atoms with Gasteiger partial charge < -0.3 is 0 Å². The Morgan fingerprint density at radius 3 is 1.37 bits per heavy atom. The first-order valence-electron chi connectivity index (χ1n) is 17.6. The van der Waals surface area contributed by atoms with Crippen LogP contribution in [0.3, 0.4) is 0 Å². The van der Waals surface area contributed by atoms with Crippen molar-refractivity contribution in [1.29, 1.82) is 0 Å². The minimum atomic E-state index is -0.254. The van der Waals surface area contributed by atoms with Gasteiger partial charge in [-0.25, -0.2) is 0 Å². The second-order valence-electron chi connectivity index (χ2n) is 13.4. The van der Waals surface area contributed by atoms with E-state index in [-0.39, 0.29) is 29.7 Å². The number of amides is 4. The van der Waals surface area contributed by atoms with Crippen molar-refractivity contribution in [1.82, 2.24) is 9.80 Å². The maximum Gasteiger partial charge on any atom is 0.261 e. The zero-order chi connectivity index (χ0) is 34.2. The summed E-state index contributed by atoms with van der Waals surface area (Å²) in [6.45, 7) is 8.07. The van der Waals surface area contributed by atoms with Gasteiger partial charge in [-0.1, -0.05) is 71.6 Å². The molecular formula is C42H41BrN2O4. The molecule has 0 aliphatic carbocycles. The van der Waals surface area contributed by atoms with Crippen molar-refractivity contribution in [3.63, 3.8) is 0 Å². The molecule has 0 fully saturated rings. The van der Waals surface area contributed by atoms with E-state index in [9.17, 15) is 19.2 Å². The number of benzene rings is 5. The smallest absolute Gasteiger partial charge is 0.261 e. The standard InChI is InChI=1S/C42H41BrN2O4/c1-3-5-7-10-14-26(15-11-8-6-4-2)45-41(48)33-22-18-29-27-16-20-31-37-32(40(47)44(39(31)46)25-13-9-12-24-43)21-17-28(35(27)37)30-19-23-34(42(45)49)38(33)36(29)30/h3-4,16-23,26H,1-2,5-15,24-25H2. The van der Waals surface area contributed by atoms with E-state index in [1.807, 2.05) is 60.7 Å². The molecule has 0 spiro atoms. The van der Waals surface area contributed by atoms with E-state index in [0.29, 0.717) is 39.6 Å². The average Bonchev–Trinajstić information content (AvgIpc) is 3.11. The summed E-state index contributed by atoms with van der Waals surface area (Å²) in [4.78, 5) is 59.1. The van der Waals surface area contributed by atoms with Gasteiger partial charge in [-0.3, -0.25) is 29.0 Å². The van der Waals surface area contributed by atoms with Crippen molar-refractivity contribution < 1.29 is 19.2 Å². The van der Waals surface area contributed by atoms with Crippen LogP contribution in [0, 0.1) is 0 Å². The molecule has 0 saturated heterocycles. The first-order valence-corrected chi connectivity index (χ1v) is 18.8. The van der Waals surface area contributed by atoms with E-state index >= 15 is 0 Å². The third-order valence-corrected chi connectivity index (χ3v) is 11.1. The molecule has 5 aromatic rings. The van der Waals surface area contributed by atoms with Crippen LogP contribution >= 0.6 is 15.9 Å². The first kappa shape index (κ1) is 33.2. The van der Waals surface area contributed by atoms with Crippen LogP contribution in [0.4, 0.5) is 0 Å². The van der Waals surface area contributed by atoms with Crippen molar-refractivity contribution in [3.05, 3.63) is 96.1 Å². The molecule has 7 heteroatoms. The lowest BCUT2D eigenvalue weighted by Crippen LogP contribution is -2.47. The van der Waals surface area contributed by atoms with Crippen molar-refractivity contribution >= 4 is 82.6 Å². The van der Waals surface area contributed by atoms with E-state index in [4.69, 9.17) is 0 Å². The number of hydrogen-bond acceptors (Lipinski definition) is 4. The van der Waals surface area contributed by atoms with E-state index in [1.165, 1.54) is 9.80 Å². The molecule has 7 rings (SSSR count). The Balaban J connectivity index is 1.33. The Labute approximate surface area is 295 Å². The number of carbonyl (C=O) groups excluding carboxylic acids is 4. The number of carbonyl (C=O) groups is 4. The molecule has 0 atom stereocenters. The summed E-state index contributed by atoms with van der Waals surface area (Å²) >= 11 is 3.45. The number of allylic oxidation sites excluding steroid dienone is 2. The lowest BCUT2D eigenvalue weighted by molar-refractivity contribution is 0.0515. The van der Waals surface area contributed by atoms with Crippen molar-refractivity contribution in [3.8, 4) is 0 Å². The summed E-state index contributed by atoms with van der Waals surface area (Å²) < 4.78 is 0. The van der Waals surface area contributed by atoms with Gasteiger partial charge in [0.15, 0.2) is 0 Å². The molecule has 2 heterocycles. The number of unbranched alkanes of at least 4 members (excludes halogenated alkanes) is 6. The van der Waals surface area contributed by atoms with Crippen molar-refractivity contribution in [2.75, 3.05) is 11.9 Å². The zero-order valence-corrected chi connectivity index (χ0v) is 29.4. The molecule has 6 nitrogen and oxygen atoms in total. The SMILES string of the molecule is C=CCCCCC(CCCCC=C)N1C(=O)c2ccc3c4ccc5c6c(ccc(c7ccc(c2c37)C1=O)c64)C(=O)N(CCCCCBr)C5=O. The molecule has 0 N–H and O–H groups in total. The number of rotatable bonds is 16. The summed E-state index contributed by atoms with van der Waals surface area (Å²) in [5, 5.41) is 7.65. The largest absolute Gasteiger partial charge is 0.274 e. The predicted octanol–water partition coefficient (Wildman–Crippen LogP) is 10.4. The van der Waals surface area contributed by atoms with E-state index < -0.39 is 0 Å². The quantitative estimate of drug-likeness (QED) is 0.0254. The summed E-state index contributed by atoms with van der Waals surface area (Å²) in [7, 11) is 0. The number of hydrogen-bond donors (Lipinski definition) is 0. The lowest BCUT2D eigenvalue weighted by Gasteiger charge is -2.35. The summed E-state index contributed by atoms with van der Waals surface area (Å²) in [5.74, 6) is -0.976.